The number of aromatic carboxylic acids is 1. The van der Waals surface area contributed by atoms with Gasteiger partial charge in [0.2, 0.25) is 6.79 Å². The van der Waals surface area contributed by atoms with Crippen molar-refractivity contribution in [2.75, 3.05) is 6.79 Å². The fourth-order valence-corrected chi connectivity index (χ4v) is 3.12. The molecule has 0 unspecified atom stereocenters. The minimum atomic E-state index is -1.00. The molecule has 3 rings (SSSR count). The molecule has 0 radical (unpaired) electrons. The topological polar surface area (TPSA) is 60.7 Å². The predicted octanol–water partition coefficient (Wildman–Crippen LogP) is 2.31. The van der Waals surface area contributed by atoms with Gasteiger partial charge in [-0.25, -0.2) is 4.79 Å². The van der Waals surface area contributed by atoms with Crippen molar-refractivity contribution in [3.8, 4) is 23.8 Å². The van der Waals surface area contributed by atoms with E-state index in [1.807, 2.05) is 22.6 Å². The van der Waals surface area contributed by atoms with E-state index < -0.39 is 5.97 Å². The summed E-state index contributed by atoms with van der Waals surface area (Å²) in [4.78, 5) is 11.4. The summed E-state index contributed by atoms with van der Waals surface area (Å²) in [5, 5.41) is 10.1. The molecule has 0 saturated carbocycles. The Labute approximate surface area is 122 Å². The third-order valence-electron chi connectivity index (χ3n) is 2.95. The Morgan fingerprint density at radius 2 is 2.16 bits per heavy atom. The molecule has 1 N–H and O–H groups in total. The summed E-state index contributed by atoms with van der Waals surface area (Å²) in [6, 6.07) is 3.56. The molecule has 0 saturated heterocycles. The van der Waals surface area contributed by atoms with Crippen LogP contribution in [0.2, 0.25) is 0 Å². The number of ether oxygens (including phenoxy) is 2. The highest BCUT2D eigenvalue weighted by atomic mass is 127. The van der Waals surface area contributed by atoms with Crippen LogP contribution in [0.25, 0.3) is 10.9 Å². The Morgan fingerprint density at radius 1 is 1.47 bits per heavy atom. The number of benzene rings is 1. The minimum absolute atomic E-state index is 0.180. The maximum absolute atomic E-state index is 11.4. The molecule has 2 aromatic rings. The second-order valence-electron chi connectivity index (χ2n) is 3.98. The lowest BCUT2D eigenvalue weighted by Crippen LogP contribution is -2.09. The molecule has 1 aromatic carbocycles. The van der Waals surface area contributed by atoms with Crippen molar-refractivity contribution in [1.29, 1.82) is 0 Å². The van der Waals surface area contributed by atoms with Crippen LogP contribution in [0.5, 0.6) is 11.5 Å². The van der Waals surface area contributed by atoms with Gasteiger partial charge in [0, 0.05) is 11.5 Å². The molecule has 1 aliphatic heterocycles. The Kier molecular flexibility index (Phi) is 2.78. The molecule has 0 amide bonds. The van der Waals surface area contributed by atoms with Crippen LogP contribution in [0.4, 0.5) is 0 Å². The fourth-order valence-electron chi connectivity index (χ4n) is 2.16. The van der Waals surface area contributed by atoms with Gasteiger partial charge >= 0.3 is 5.97 Å². The zero-order valence-electron chi connectivity index (χ0n) is 9.64. The monoisotopic (exact) mass is 369 g/mol. The van der Waals surface area contributed by atoms with E-state index in [1.165, 1.54) is 0 Å². The van der Waals surface area contributed by atoms with Crippen molar-refractivity contribution in [3.05, 3.63) is 21.4 Å². The van der Waals surface area contributed by atoms with Gasteiger partial charge in [-0.1, -0.05) is 5.92 Å². The van der Waals surface area contributed by atoms with E-state index in [9.17, 15) is 9.90 Å². The van der Waals surface area contributed by atoms with Crippen LogP contribution in [-0.2, 0) is 6.54 Å². The van der Waals surface area contributed by atoms with E-state index in [0.717, 1.165) is 10.9 Å². The van der Waals surface area contributed by atoms with E-state index in [0.29, 0.717) is 15.1 Å². The van der Waals surface area contributed by atoms with Crippen LogP contribution in [0.15, 0.2) is 12.1 Å². The molecule has 0 spiro atoms. The van der Waals surface area contributed by atoms with E-state index >= 15 is 0 Å². The van der Waals surface area contributed by atoms with Gasteiger partial charge in [0.05, 0.1) is 15.6 Å². The quantitative estimate of drug-likeness (QED) is 0.652. The van der Waals surface area contributed by atoms with E-state index in [1.54, 1.807) is 16.7 Å². The first kappa shape index (κ1) is 12.2. The summed E-state index contributed by atoms with van der Waals surface area (Å²) < 4.78 is 12.9. The van der Waals surface area contributed by atoms with Crippen LogP contribution in [0, 0.1) is 15.9 Å². The summed E-state index contributed by atoms with van der Waals surface area (Å²) in [6.07, 6.45) is 5.32. The summed E-state index contributed by atoms with van der Waals surface area (Å²) in [6.45, 7) is 0.375. The van der Waals surface area contributed by atoms with Gasteiger partial charge in [-0.05, 0) is 28.7 Å². The minimum Gasteiger partial charge on any atom is -0.477 e. The molecule has 2 heterocycles. The van der Waals surface area contributed by atoms with Crippen molar-refractivity contribution in [2.45, 2.75) is 6.54 Å². The summed E-state index contributed by atoms with van der Waals surface area (Å²) in [5.41, 5.74) is 0.932. The smallest absolute Gasteiger partial charge is 0.353 e. The predicted molar refractivity (Wildman–Crippen MR) is 76.6 cm³/mol. The molecule has 5 nitrogen and oxygen atoms in total. The lowest BCUT2D eigenvalue weighted by molar-refractivity contribution is 0.0685. The second-order valence-corrected chi connectivity index (χ2v) is 5.06. The molecule has 0 bridgehead atoms. The standard InChI is InChI=1S/C13H8INO4/c1-2-3-15-8-5-10-9(18-6-19-10)4-7(8)11(14)12(15)13(16)17/h1,4-5H,3,6H2,(H,16,17). The van der Waals surface area contributed by atoms with E-state index in [-0.39, 0.29) is 19.0 Å². The summed E-state index contributed by atoms with van der Waals surface area (Å²) in [7, 11) is 0. The summed E-state index contributed by atoms with van der Waals surface area (Å²) >= 11 is 2.01. The SMILES string of the molecule is C#CCn1c(C(=O)O)c(I)c2cc3c(cc21)OCO3. The van der Waals surface area contributed by atoms with Crippen molar-refractivity contribution in [2.24, 2.45) is 0 Å². The third-order valence-corrected chi connectivity index (χ3v) is 4.04. The van der Waals surface area contributed by atoms with Crippen LogP contribution in [-0.4, -0.2) is 22.4 Å². The molecule has 0 aliphatic carbocycles. The van der Waals surface area contributed by atoms with Crippen LogP contribution < -0.4 is 9.47 Å². The maximum Gasteiger partial charge on any atom is 0.353 e. The second kappa shape index (κ2) is 4.35. The molecular formula is C13H8INO4. The number of nitrogens with zero attached hydrogens (tertiary/aromatic N) is 1. The lowest BCUT2D eigenvalue weighted by Gasteiger charge is -2.04. The average Bonchev–Trinajstić information content (AvgIpc) is 2.92. The Morgan fingerprint density at radius 3 is 2.79 bits per heavy atom. The first-order valence-electron chi connectivity index (χ1n) is 5.41. The largest absolute Gasteiger partial charge is 0.477 e. The zero-order chi connectivity index (χ0) is 13.6. The molecule has 0 fully saturated rings. The number of halogens is 1. The van der Waals surface area contributed by atoms with E-state index in [2.05, 4.69) is 5.92 Å². The number of carbonyl (C=O) groups is 1. The molecule has 19 heavy (non-hydrogen) atoms. The molecular weight excluding hydrogens is 361 g/mol. The van der Waals surface area contributed by atoms with Crippen LogP contribution >= 0.6 is 22.6 Å². The highest BCUT2D eigenvalue weighted by molar-refractivity contribution is 14.1. The zero-order valence-corrected chi connectivity index (χ0v) is 11.8. The highest BCUT2D eigenvalue weighted by Gasteiger charge is 2.24. The van der Waals surface area contributed by atoms with Gasteiger partial charge in [0.1, 0.15) is 5.69 Å². The Hall–Kier alpha value is -1.88. The van der Waals surface area contributed by atoms with Crippen LogP contribution in [0.1, 0.15) is 10.5 Å². The highest BCUT2D eigenvalue weighted by Crippen LogP contribution is 2.39. The first-order chi connectivity index (χ1) is 9.13. The van der Waals surface area contributed by atoms with Gasteiger partial charge in [-0.15, -0.1) is 6.42 Å². The van der Waals surface area contributed by atoms with Crippen molar-refractivity contribution in [1.82, 2.24) is 4.57 Å². The number of rotatable bonds is 2. The summed E-state index contributed by atoms with van der Waals surface area (Å²) in [5.74, 6) is 2.71. The Bertz CT molecular complexity index is 741. The first-order valence-corrected chi connectivity index (χ1v) is 6.49. The molecule has 1 aromatic heterocycles. The number of hydrogen-bond acceptors (Lipinski definition) is 3. The number of fused-ring (bicyclic) bond motifs is 2. The normalized spacial score (nSPS) is 12.6. The maximum atomic E-state index is 11.4. The molecule has 0 atom stereocenters. The number of aromatic nitrogens is 1. The third kappa shape index (κ3) is 1.73. The lowest BCUT2D eigenvalue weighted by atomic mass is 10.2. The molecule has 6 heteroatoms. The van der Waals surface area contributed by atoms with Gasteiger partial charge < -0.3 is 19.1 Å². The Balaban J connectivity index is 2.38. The molecule has 96 valence electrons. The van der Waals surface area contributed by atoms with Crippen molar-refractivity contribution >= 4 is 39.5 Å². The van der Waals surface area contributed by atoms with Crippen molar-refractivity contribution < 1.29 is 19.4 Å². The van der Waals surface area contributed by atoms with Gasteiger partial charge in [-0.2, -0.15) is 0 Å². The average molecular weight is 369 g/mol. The van der Waals surface area contributed by atoms with E-state index in [4.69, 9.17) is 15.9 Å². The number of hydrogen-bond donors (Lipinski definition) is 1. The van der Waals surface area contributed by atoms with Crippen LogP contribution in [0.3, 0.4) is 0 Å². The van der Waals surface area contributed by atoms with Gasteiger partial charge in [-0.3, -0.25) is 0 Å². The van der Waals surface area contributed by atoms with Gasteiger partial charge in [0.25, 0.3) is 0 Å². The van der Waals surface area contributed by atoms with Crippen molar-refractivity contribution in [3.63, 3.8) is 0 Å². The fraction of sp³-hybridized carbons (Fsp3) is 0.154. The number of terminal acetylenes is 1. The molecule has 1 aliphatic rings. The number of carboxylic acid groups (broad SMARTS) is 1. The van der Waals surface area contributed by atoms with Gasteiger partial charge in [0.15, 0.2) is 11.5 Å². The number of carboxylic acids is 1.